The summed E-state index contributed by atoms with van der Waals surface area (Å²) in [6.07, 6.45) is 1.48. The summed E-state index contributed by atoms with van der Waals surface area (Å²) in [6.45, 7) is 2.68. The Hall–Kier alpha value is -1.84. The van der Waals surface area contributed by atoms with Crippen LogP contribution < -0.4 is 5.32 Å². The van der Waals surface area contributed by atoms with Gasteiger partial charge in [-0.15, -0.1) is 0 Å². The minimum atomic E-state index is -0.470. The van der Waals surface area contributed by atoms with Crippen LogP contribution in [0.4, 0.5) is 0 Å². The molecule has 0 radical (unpaired) electrons. The van der Waals surface area contributed by atoms with Gasteiger partial charge in [0.2, 0.25) is 0 Å². The van der Waals surface area contributed by atoms with Crippen LogP contribution in [0.15, 0.2) is 54.6 Å². The average Bonchev–Trinajstić information content (AvgIpc) is 2.53. The quantitative estimate of drug-likeness (QED) is 0.733. The largest absolute Gasteiger partial charge is 0.508 e. The van der Waals surface area contributed by atoms with Crippen molar-refractivity contribution in [1.29, 1.82) is 0 Å². The van der Waals surface area contributed by atoms with Crippen molar-refractivity contribution in [2.75, 3.05) is 6.54 Å². The Bertz CT molecular complexity index is 525. The first-order valence-electron chi connectivity index (χ1n) is 7.39. The molecule has 0 fully saturated rings. The van der Waals surface area contributed by atoms with Gasteiger partial charge in [-0.2, -0.15) is 0 Å². The van der Waals surface area contributed by atoms with Gasteiger partial charge in [0.1, 0.15) is 5.75 Å². The molecule has 0 aliphatic heterocycles. The molecule has 3 N–H and O–H groups in total. The number of aryl methyl sites for hydroxylation is 1. The number of aromatic hydroxyl groups is 1. The second-order valence-electron chi connectivity index (χ2n) is 5.44. The highest BCUT2D eigenvalue weighted by Gasteiger charge is 2.09. The van der Waals surface area contributed by atoms with Gasteiger partial charge >= 0.3 is 0 Å². The molecule has 0 aliphatic carbocycles. The molecule has 0 aliphatic rings. The number of rotatable bonds is 7. The van der Waals surface area contributed by atoms with E-state index in [0.717, 1.165) is 18.4 Å². The minimum Gasteiger partial charge on any atom is -0.508 e. The van der Waals surface area contributed by atoms with Crippen LogP contribution in [0.1, 0.15) is 30.6 Å². The first-order valence-corrected chi connectivity index (χ1v) is 7.39. The number of aliphatic hydroxyl groups excluding tert-OH is 1. The molecule has 3 nitrogen and oxygen atoms in total. The molecule has 112 valence electrons. The van der Waals surface area contributed by atoms with Gasteiger partial charge in [0.25, 0.3) is 0 Å². The second-order valence-corrected chi connectivity index (χ2v) is 5.44. The average molecular weight is 285 g/mol. The molecular formula is C18H23NO2. The molecule has 1 unspecified atom stereocenters. The van der Waals surface area contributed by atoms with Crippen LogP contribution in [0, 0.1) is 0 Å². The van der Waals surface area contributed by atoms with E-state index in [4.69, 9.17) is 0 Å². The maximum atomic E-state index is 10.1. The van der Waals surface area contributed by atoms with Gasteiger partial charge in [0.05, 0.1) is 6.10 Å². The summed E-state index contributed by atoms with van der Waals surface area (Å²) in [5, 5.41) is 22.7. The Labute approximate surface area is 126 Å². The summed E-state index contributed by atoms with van der Waals surface area (Å²) in [5.74, 6) is 0.302. The van der Waals surface area contributed by atoms with E-state index in [0.29, 0.717) is 18.3 Å². The van der Waals surface area contributed by atoms with Gasteiger partial charge in [0.15, 0.2) is 0 Å². The lowest BCUT2D eigenvalue weighted by atomic mass is 10.1. The zero-order valence-corrected chi connectivity index (χ0v) is 12.4. The topological polar surface area (TPSA) is 52.5 Å². The Morgan fingerprint density at radius 2 is 1.67 bits per heavy atom. The molecular weight excluding hydrogens is 262 g/mol. The minimum absolute atomic E-state index is 0.302. The zero-order chi connectivity index (χ0) is 15.1. The Morgan fingerprint density at radius 1 is 1.00 bits per heavy atom. The van der Waals surface area contributed by atoms with Crippen LogP contribution >= 0.6 is 0 Å². The third kappa shape index (κ3) is 5.21. The predicted molar refractivity (Wildman–Crippen MR) is 85.3 cm³/mol. The molecule has 0 saturated carbocycles. The molecule has 2 atom stereocenters. The Balaban J connectivity index is 1.72. The molecule has 0 aromatic heterocycles. The summed E-state index contributed by atoms with van der Waals surface area (Å²) in [5.41, 5.74) is 2.15. The second kappa shape index (κ2) is 7.81. The van der Waals surface area contributed by atoms with E-state index in [1.807, 2.05) is 42.5 Å². The van der Waals surface area contributed by atoms with E-state index in [1.165, 1.54) is 5.56 Å². The molecule has 0 spiro atoms. The van der Waals surface area contributed by atoms with Crippen LogP contribution in [0.5, 0.6) is 5.75 Å². The molecule has 0 bridgehead atoms. The van der Waals surface area contributed by atoms with E-state index in [-0.39, 0.29) is 0 Å². The van der Waals surface area contributed by atoms with Crippen molar-refractivity contribution >= 4 is 0 Å². The molecule has 0 amide bonds. The van der Waals surface area contributed by atoms with Gasteiger partial charge in [0, 0.05) is 12.6 Å². The lowest BCUT2D eigenvalue weighted by Gasteiger charge is -2.17. The highest BCUT2D eigenvalue weighted by molar-refractivity contribution is 5.26. The fourth-order valence-electron chi connectivity index (χ4n) is 2.25. The van der Waals surface area contributed by atoms with Crippen molar-refractivity contribution in [3.05, 3.63) is 65.7 Å². The number of hydrogen-bond acceptors (Lipinski definition) is 3. The highest BCUT2D eigenvalue weighted by atomic mass is 16.3. The fourth-order valence-corrected chi connectivity index (χ4v) is 2.25. The number of benzene rings is 2. The maximum absolute atomic E-state index is 10.1. The van der Waals surface area contributed by atoms with E-state index < -0.39 is 6.10 Å². The number of hydrogen-bond donors (Lipinski definition) is 3. The van der Waals surface area contributed by atoms with Crippen molar-refractivity contribution in [3.8, 4) is 5.75 Å². The third-order valence-corrected chi connectivity index (χ3v) is 3.65. The Kier molecular flexibility index (Phi) is 5.78. The normalized spacial score (nSPS) is 13.8. The molecule has 0 heterocycles. The molecule has 21 heavy (non-hydrogen) atoms. The Morgan fingerprint density at radius 3 is 2.33 bits per heavy atom. The van der Waals surface area contributed by atoms with Crippen LogP contribution in [0.25, 0.3) is 0 Å². The number of nitrogens with one attached hydrogen (secondary N) is 1. The molecule has 2 aromatic carbocycles. The van der Waals surface area contributed by atoms with Crippen LogP contribution in [-0.2, 0) is 6.42 Å². The first kappa shape index (κ1) is 15.5. The number of aliphatic hydroxyl groups is 1. The van der Waals surface area contributed by atoms with Crippen molar-refractivity contribution in [2.24, 2.45) is 0 Å². The molecule has 0 saturated heterocycles. The lowest BCUT2D eigenvalue weighted by molar-refractivity contribution is 0.170. The summed E-state index contributed by atoms with van der Waals surface area (Å²) < 4.78 is 0. The summed E-state index contributed by atoms with van der Waals surface area (Å²) >= 11 is 0. The highest BCUT2D eigenvalue weighted by Crippen LogP contribution is 2.13. The first-order chi connectivity index (χ1) is 10.1. The van der Waals surface area contributed by atoms with E-state index in [2.05, 4.69) is 12.2 Å². The van der Waals surface area contributed by atoms with Crippen molar-refractivity contribution in [3.63, 3.8) is 0 Å². The maximum Gasteiger partial charge on any atom is 0.115 e. The molecule has 3 heteroatoms. The molecule has 2 aromatic rings. The van der Waals surface area contributed by atoms with Gasteiger partial charge in [-0.25, -0.2) is 0 Å². The third-order valence-electron chi connectivity index (χ3n) is 3.65. The summed E-state index contributed by atoms with van der Waals surface area (Å²) in [4.78, 5) is 0. The molecule has 2 rings (SSSR count). The monoisotopic (exact) mass is 285 g/mol. The van der Waals surface area contributed by atoms with E-state index in [9.17, 15) is 10.2 Å². The van der Waals surface area contributed by atoms with Gasteiger partial charge in [-0.1, -0.05) is 42.5 Å². The summed E-state index contributed by atoms with van der Waals surface area (Å²) in [7, 11) is 0. The predicted octanol–water partition coefficient (Wildman–Crippen LogP) is 3.04. The number of phenolic OH excluding ortho intramolecular Hbond substituents is 1. The fraction of sp³-hybridized carbons (Fsp3) is 0.333. The van der Waals surface area contributed by atoms with Crippen molar-refractivity contribution in [2.45, 2.75) is 31.9 Å². The van der Waals surface area contributed by atoms with Gasteiger partial charge in [-0.3, -0.25) is 0 Å². The van der Waals surface area contributed by atoms with Crippen LogP contribution in [0.3, 0.4) is 0 Å². The summed E-state index contributed by atoms with van der Waals surface area (Å²) in [6, 6.07) is 17.3. The standard InChI is InChI=1S/C18H23NO2/c1-14(7-8-15-9-11-17(20)12-10-15)19-13-18(21)16-5-3-2-4-6-16/h2-6,9-12,14,18-21H,7-8,13H2,1H3/t14-,18?/m0/s1. The van der Waals surface area contributed by atoms with Crippen LogP contribution in [-0.4, -0.2) is 22.8 Å². The van der Waals surface area contributed by atoms with E-state index in [1.54, 1.807) is 12.1 Å². The van der Waals surface area contributed by atoms with Gasteiger partial charge in [-0.05, 0) is 43.0 Å². The number of phenols is 1. The van der Waals surface area contributed by atoms with Crippen LogP contribution in [0.2, 0.25) is 0 Å². The SMILES string of the molecule is C[C@@H](CCc1ccc(O)cc1)NCC(O)c1ccccc1. The zero-order valence-electron chi connectivity index (χ0n) is 12.4. The van der Waals surface area contributed by atoms with Crippen molar-refractivity contribution in [1.82, 2.24) is 5.32 Å². The lowest BCUT2D eigenvalue weighted by Crippen LogP contribution is -2.30. The smallest absolute Gasteiger partial charge is 0.115 e. The van der Waals surface area contributed by atoms with Gasteiger partial charge < -0.3 is 15.5 Å². The van der Waals surface area contributed by atoms with E-state index >= 15 is 0 Å². The van der Waals surface area contributed by atoms with Crippen molar-refractivity contribution < 1.29 is 10.2 Å².